The molecule has 96 valence electrons. The van der Waals surface area contributed by atoms with E-state index in [0.717, 1.165) is 0 Å². The fourth-order valence-corrected chi connectivity index (χ4v) is 1.42. The summed E-state index contributed by atoms with van der Waals surface area (Å²) in [6.45, 7) is 10.2. The van der Waals surface area contributed by atoms with Gasteiger partial charge < -0.3 is 16.2 Å². The van der Waals surface area contributed by atoms with Crippen LogP contribution in [0.1, 0.15) is 41.0 Å². The molecule has 0 aromatic heterocycles. The van der Waals surface area contributed by atoms with E-state index in [4.69, 9.17) is 5.73 Å². The third-order valence-electron chi connectivity index (χ3n) is 2.38. The van der Waals surface area contributed by atoms with E-state index in [0.29, 0.717) is 6.42 Å². The van der Waals surface area contributed by atoms with Gasteiger partial charge in [0, 0.05) is 6.54 Å². The molecule has 0 heterocycles. The lowest BCUT2D eigenvalue weighted by atomic mass is 9.89. The Morgan fingerprint density at radius 1 is 1.38 bits per heavy atom. The van der Waals surface area contributed by atoms with Crippen molar-refractivity contribution in [2.45, 2.75) is 53.2 Å². The van der Waals surface area contributed by atoms with Gasteiger partial charge in [-0.05, 0) is 17.8 Å². The average molecular weight is 230 g/mol. The van der Waals surface area contributed by atoms with Gasteiger partial charge in [0.15, 0.2) is 0 Å². The highest BCUT2D eigenvalue weighted by molar-refractivity contribution is 5.81. The molecule has 16 heavy (non-hydrogen) atoms. The highest BCUT2D eigenvalue weighted by Crippen LogP contribution is 2.20. The van der Waals surface area contributed by atoms with E-state index < -0.39 is 12.1 Å². The minimum Gasteiger partial charge on any atom is -0.391 e. The van der Waals surface area contributed by atoms with Crippen LogP contribution in [0.3, 0.4) is 0 Å². The smallest absolute Gasteiger partial charge is 0.237 e. The lowest BCUT2D eigenvalue weighted by Gasteiger charge is -2.23. The van der Waals surface area contributed by atoms with Crippen molar-refractivity contribution in [3.05, 3.63) is 0 Å². The van der Waals surface area contributed by atoms with Gasteiger partial charge in [0.05, 0.1) is 12.1 Å². The first kappa shape index (κ1) is 15.4. The zero-order chi connectivity index (χ0) is 12.9. The SMILES string of the molecule is CC(C)[C@@H](N)C(=O)NCC(O)CC(C)(C)C. The molecule has 0 bridgehead atoms. The molecule has 0 rings (SSSR count). The predicted molar refractivity (Wildman–Crippen MR) is 65.9 cm³/mol. The van der Waals surface area contributed by atoms with Crippen LogP contribution in [-0.2, 0) is 4.79 Å². The summed E-state index contributed by atoms with van der Waals surface area (Å²) in [5.74, 6) is -0.0808. The first-order valence-electron chi connectivity index (χ1n) is 5.85. The molecule has 0 aromatic carbocycles. The molecule has 0 aliphatic heterocycles. The van der Waals surface area contributed by atoms with Crippen molar-refractivity contribution in [2.24, 2.45) is 17.1 Å². The molecule has 0 spiro atoms. The zero-order valence-corrected chi connectivity index (χ0v) is 11.1. The summed E-state index contributed by atoms with van der Waals surface area (Å²) < 4.78 is 0. The topological polar surface area (TPSA) is 75.4 Å². The number of nitrogens with two attached hydrogens (primary N) is 1. The van der Waals surface area contributed by atoms with Gasteiger partial charge in [0.25, 0.3) is 0 Å². The fourth-order valence-electron chi connectivity index (χ4n) is 1.42. The van der Waals surface area contributed by atoms with E-state index in [2.05, 4.69) is 26.1 Å². The van der Waals surface area contributed by atoms with Gasteiger partial charge in [-0.15, -0.1) is 0 Å². The van der Waals surface area contributed by atoms with E-state index in [9.17, 15) is 9.90 Å². The van der Waals surface area contributed by atoms with Gasteiger partial charge in [-0.25, -0.2) is 0 Å². The van der Waals surface area contributed by atoms with Crippen molar-refractivity contribution < 1.29 is 9.90 Å². The molecule has 0 radical (unpaired) electrons. The number of rotatable bonds is 5. The van der Waals surface area contributed by atoms with Gasteiger partial charge in [-0.2, -0.15) is 0 Å². The fraction of sp³-hybridized carbons (Fsp3) is 0.917. The molecular formula is C12H26N2O2. The molecule has 0 saturated carbocycles. The minimum atomic E-state index is -0.511. The summed E-state index contributed by atoms with van der Waals surface area (Å²) >= 11 is 0. The Hall–Kier alpha value is -0.610. The standard InChI is InChI=1S/C12H26N2O2/c1-8(2)10(13)11(16)14-7-9(15)6-12(3,4)5/h8-10,15H,6-7,13H2,1-5H3,(H,14,16)/t9?,10-/m1/s1. The summed E-state index contributed by atoms with van der Waals surface area (Å²) in [6.07, 6.45) is 0.146. The lowest BCUT2D eigenvalue weighted by molar-refractivity contribution is -0.123. The summed E-state index contributed by atoms with van der Waals surface area (Å²) in [7, 11) is 0. The van der Waals surface area contributed by atoms with E-state index >= 15 is 0 Å². The number of hydrogen-bond acceptors (Lipinski definition) is 3. The number of carbonyl (C=O) groups is 1. The average Bonchev–Trinajstić information content (AvgIpc) is 2.09. The van der Waals surface area contributed by atoms with E-state index in [1.54, 1.807) is 0 Å². The number of nitrogens with one attached hydrogen (secondary N) is 1. The highest BCUT2D eigenvalue weighted by Gasteiger charge is 2.20. The van der Waals surface area contributed by atoms with Gasteiger partial charge in [0.1, 0.15) is 0 Å². The number of carbonyl (C=O) groups excluding carboxylic acids is 1. The summed E-state index contributed by atoms with van der Waals surface area (Å²) in [6, 6.07) is -0.498. The second-order valence-corrected chi connectivity index (χ2v) is 5.93. The van der Waals surface area contributed by atoms with Crippen LogP contribution in [0, 0.1) is 11.3 Å². The van der Waals surface area contributed by atoms with Crippen molar-refractivity contribution in [1.82, 2.24) is 5.32 Å². The van der Waals surface area contributed by atoms with E-state index in [1.807, 2.05) is 13.8 Å². The Morgan fingerprint density at radius 3 is 2.25 bits per heavy atom. The molecule has 4 nitrogen and oxygen atoms in total. The Bertz CT molecular complexity index is 222. The van der Waals surface area contributed by atoms with Crippen LogP contribution < -0.4 is 11.1 Å². The molecule has 0 aliphatic rings. The third kappa shape index (κ3) is 6.80. The van der Waals surface area contributed by atoms with Crippen LogP contribution in [0.4, 0.5) is 0 Å². The van der Waals surface area contributed by atoms with Gasteiger partial charge in [0.2, 0.25) is 5.91 Å². The maximum atomic E-state index is 11.5. The molecule has 0 saturated heterocycles. The molecule has 4 heteroatoms. The monoisotopic (exact) mass is 230 g/mol. The maximum Gasteiger partial charge on any atom is 0.237 e. The normalized spacial score (nSPS) is 16.0. The number of aliphatic hydroxyl groups excluding tert-OH is 1. The van der Waals surface area contributed by atoms with Gasteiger partial charge in [-0.1, -0.05) is 34.6 Å². The molecule has 2 atom stereocenters. The second-order valence-electron chi connectivity index (χ2n) is 5.93. The molecule has 0 fully saturated rings. The number of hydrogen-bond donors (Lipinski definition) is 3. The van der Waals surface area contributed by atoms with Crippen molar-refractivity contribution in [3.63, 3.8) is 0 Å². The van der Waals surface area contributed by atoms with Crippen molar-refractivity contribution >= 4 is 5.91 Å². The molecule has 1 unspecified atom stereocenters. The second kappa shape index (κ2) is 6.21. The quantitative estimate of drug-likeness (QED) is 0.656. The Balaban J connectivity index is 3.93. The minimum absolute atomic E-state index is 0.0598. The molecule has 1 amide bonds. The summed E-state index contributed by atoms with van der Waals surface area (Å²) in [5.41, 5.74) is 5.74. The Morgan fingerprint density at radius 2 is 1.88 bits per heavy atom. The highest BCUT2D eigenvalue weighted by atomic mass is 16.3. The predicted octanol–water partition coefficient (Wildman–Crippen LogP) is 0.883. The lowest BCUT2D eigenvalue weighted by Crippen LogP contribution is -2.46. The van der Waals surface area contributed by atoms with Crippen LogP contribution in [0.5, 0.6) is 0 Å². The summed E-state index contributed by atoms with van der Waals surface area (Å²) in [4.78, 5) is 11.5. The van der Waals surface area contributed by atoms with Crippen molar-refractivity contribution in [2.75, 3.05) is 6.54 Å². The van der Waals surface area contributed by atoms with Crippen LogP contribution in [0.2, 0.25) is 0 Å². The molecule has 4 N–H and O–H groups in total. The van der Waals surface area contributed by atoms with Crippen LogP contribution >= 0.6 is 0 Å². The maximum absolute atomic E-state index is 11.5. The summed E-state index contributed by atoms with van der Waals surface area (Å²) in [5, 5.41) is 12.4. The van der Waals surface area contributed by atoms with Gasteiger partial charge >= 0.3 is 0 Å². The van der Waals surface area contributed by atoms with Crippen molar-refractivity contribution in [3.8, 4) is 0 Å². The first-order chi connectivity index (χ1) is 7.13. The largest absolute Gasteiger partial charge is 0.391 e. The number of amides is 1. The number of aliphatic hydroxyl groups is 1. The molecular weight excluding hydrogens is 204 g/mol. The first-order valence-corrected chi connectivity index (χ1v) is 5.85. The molecule has 0 aromatic rings. The van der Waals surface area contributed by atoms with Crippen LogP contribution in [0.25, 0.3) is 0 Å². The zero-order valence-electron chi connectivity index (χ0n) is 11.1. The molecule has 0 aliphatic carbocycles. The van der Waals surface area contributed by atoms with Crippen LogP contribution in [-0.4, -0.2) is 29.7 Å². The van der Waals surface area contributed by atoms with Gasteiger partial charge in [-0.3, -0.25) is 4.79 Å². The van der Waals surface area contributed by atoms with Crippen molar-refractivity contribution in [1.29, 1.82) is 0 Å². The van der Waals surface area contributed by atoms with Crippen LogP contribution in [0.15, 0.2) is 0 Å². The third-order valence-corrected chi connectivity index (χ3v) is 2.38. The Kier molecular flexibility index (Phi) is 5.97. The Labute approximate surface area is 98.6 Å². The van der Waals surface area contributed by atoms with E-state index in [1.165, 1.54) is 0 Å². The van der Waals surface area contributed by atoms with E-state index in [-0.39, 0.29) is 23.8 Å².